The van der Waals surface area contributed by atoms with E-state index >= 15 is 0 Å². The summed E-state index contributed by atoms with van der Waals surface area (Å²) in [6.45, 7) is 6.49. The van der Waals surface area contributed by atoms with Crippen molar-refractivity contribution in [3.05, 3.63) is 46.2 Å². The van der Waals surface area contributed by atoms with Crippen molar-refractivity contribution in [1.29, 1.82) is 0 Å². The zero-order chi connectivity index (χ0) is 14.5. The van der Waals surface area contributed by atoms with E-state index in [2.05, 4.69) is 50.3 Å². The summed E-state index contributed by atoms with van der Waals surface area (Å²) in [6.07, 6.45) is 0. The largest absolute Gasteiger partial charge is 0.478 e. The molecule has 1 N–H and O–H groups in total. The van der Waals surface area contributed by atoms with E-state index in [0.717, 1.165) is 10.3 Å². The van der Waals surface area contributed by atoms with E-state index in [1.807, 2.05) is 32.0 Å². The molecule has 0 aliphatic heterocycles. The van der Waals surface area contributed by atoms with Gasteiger partial charge in [0, 0.05) is 16.6 Å². The van der Waals surface area contributed by atoms with Gasteiger partial charge in [-0.15, -0.1) is 0 Å². The summed E-state index contributed by atoms with van der Waals surface area (Å²) in [5.41, 5.74) is 1.19. The number of benzene rings is 1. The van der Waals surface area contributed by atoms with Crippen molar-refractivity contribution in [3.63, 3.8) is 0 Å². The lowest BCUT2D eigenvalue weighted by Gasteiger charge is -2.16. The van der Waals surface area contributed by atoms with Gasteiger partial charge in [-0.25, -0.2) is 4.98 Å². The second-order valence-corrected chi connectivity index (χ2v) is 5.41. The van der Waals surface area contributed by atoms with Crippen molar-refractivity contribution in [2.45, 2.75) is 26.8 Å². The Kier molecular flexibility index (Phi) is 4.95. The minimum atomic E-state index is 0.149. The molecule has 5 heteroatoms. The number of hydrogen-bond acceptors (Lipinski definition) is 4. The first-order valence-electron chi connectivity index (χ1n) is 6.59. The molecule has 0 bridgehead atoms. The number of anilines is 1. The predicted molar refractivity (Wildman–Crippen MR) is 84.1 cm³/mol. The first kappa shape index (κ1) is 14.8. The van der Waals surface area contributed by atoms with Crippen molar-refractivity contribution in [3.8, 4) is 5.88 Å². The topological polar surface area (TPSA) is 47.0 Å². The van der Waals surface area contributed by atoms with Crippen molar-refractivity contribution < 1.29 is 4.74 Å². The van der Waals surface area contributed by atoms with Crippen molar-refractivity contribution >= 4 is 21.7 Å². The smallest absolute Gasteiger partial charge is 0.218 e. The Hall–Kier alpha value is -1.62. The Bertz CT molecular complexity index is 589. The maximum Gasteiger partial charge on any atom is 0.218 e. The molecule has 2 aromatic rings. The fourth-order valence-corrected chi connectivity index (χ4v) is 2.33. The van der Waals surface area contributed by atoms with Crippen molar-refractivity contribution in [1.82, 2.24) is 9.97 Å². The molecular weight excluding hydrogens is 318 g/mol. The Morgan fingerprint density at radius 3 is 2.80 bits per heavy atom. The van der Waals surface area contributed by atoms with Gasteiger partial charge < -0.3 is 10.1 Å². The van der Waals surface area contributed by atoms with Crippen LogP contribution in [0.15, 0.2) is 34.8 Å². The fraction of sp³-hybridized carbons (Fsp3) is 0.333. The highest BCUT2D eigenvalue weighted by Crippen LogP contribution is 2.22. The number of nitrogens with one attached hydrogen (secondary N) is 1. The predicted octanol–water partition coefficient (Wildman–Crippen LogP) is 4.12. The minimum Gasteiger partial charge on any atom is -0.478 e. The highest BCUT2D eigenvalue weighted by Gasteiger charge is 2.08. The molecule has 1 atom stereocenters. The fourth-order valence-electron chi connectivity index (χ4n) is 1.92. The highest BCUT2D eigenvalue weighted by molar-refractivity contribution is 9.10. The molecule has 0 aliphatic carbocycles. The van der Waals surface area contributed by atoms with Crippen LogP contribution in [0.4, 0.5) is 5.82 Å². The van der Waals surface area contributed by atoms with Crippen LogP contribution in [0.2, 0.25) is 0 Å². The molecule has 0 amide bonds. The van der Waals surface area contributed by atoms with Crippen molar-refractivity contribution in [2.75, 3.05) is 11.9 Å². The van der Waals surface area contributed by atoms with Crippen molar-refractivity contribution in [2.24, 2.45) is 0 Å². The number of ether oxygens (including phenoxy) is 1. The summed E-state index contributed by atoms with van der Waals surface area (Å²) in [5.74, 6) is 2.07. The van der Waals surface area contributed by atoms with Gasteiger partial charge in [0.2, 0.25) is 5.88 Å². The van der Waals surface area contributed by atoms with Crippen LogP contribution in [-0.2, 0) is 0 Å². The quantitative estimate of drug-likeness (QED) is 0.892. The molecule has 0 aliphatic rings. The SMILES string of the molecule is CCOc1cc(NC(C)c2cccc(Br)c2)nc(C)n1. The lowest BCUT2D eigenvalue weighted by Crippen LogP contribution is -2.09. The summed E-state index contributed by atoms with van der Waals surface area (Å²) < 4.78 is 6.50. The maximum absolute atomic E-state index is 5.44. The number of rotatable bonds is 5. The Morgan fingerprint density at radius 1 is 1.30 bits per heavy atom. The number of hydrogen-bond donors (Lipinski definition) is 1. The highest BCUT2D eigenvalue weighted by atomic mass is 79.9. The van der Waals surface area contributed by atoms with Crippen LogP contribution in [0, 0.1) is 6.92 Å². The maximum atomic E-state index is 5.44. The standard InChI is InChI=1S/C15H18BrN3O/c1-4-20-15-9-14(18-11(3)19-15)17-10(2)12-6-5-7-13(16)8-12/h5-10H,4H2,1-3H3,(H,17,18,19). The molecule has 0 radical (unpaired) electrons. The van der Waals surface area contributed by atoms with Crippen LogP contribution in [0.1, 0.15) is 31.3 Å². The molecule has 1 heterocycles. The molecule has 1 aromatic carbocycles. The Balaban J connectivity index is 2.16. The third kappa shape index (κ3) is 3.93. The van der Waals surface area contributed by atoms with E-state index in [1.165, 1.54) is 5.56 Å². The normalized spacial score (nSPS) is 12.0. The Morgan fingerprint density at radius 2 is 2.10 bits per heavy atom. The lowest BCUT2D eigenvalue weighted by atomic mass is 10.1. The van der Waals surface area contributed by atoms with E-state index in [0.29, 0.717) is 18.3 Å². The van der Waals surface area contributed by atoms with Crippen LogP contribution < -0.4 is 10.1 Å². The second-order valence-electron chi connectivity index (χ2n) is 4.49. The van der Waals surface area contributed by atoms with Gasteiger partial charge in [-0.3, -0.25) is 0 Å². The second kappa shape index (κ2) is 6.70. The van der Waals surface area contributed by atoms with Crippen LogP contribution in [0.5, 0.6) is 5.88 Å². The van der Waals surface area contributed by atoms with Crippen LogP contribution >= 0.6 is 15.9 Å². The summed E-state index contributed by atoms with van der Waals surface area (Å²) in [4.78, 5) is 8.63. The minimum absolute atomic E-state index is 0.149. The van der Waals surface area contributed by atoms with Gasteiger partial charge in [-0.1, -0.05) is 28.1 Å². The third-order valence-electron chi connectivity index (χ3n) is 2.82. The van der Waals surface area contributed by atoms with Gasteiger partial charge in [0.1, 0.15) is 11.6 Å². The monoisotopic (exact) mass is 335 g/mol. The van der Waals surface area contributed by atoms with E-state index in [1.54, 1.807) is 0 Å². The summed E-state index contributed by atoms with van der Waals surface area (Å²) in [6, 6.07) is 10.2. The molecular formula is C15H18BrN3O. The van der Waals surface area contributed by atoms with Crippen LogP contribution in [0.3, 0.4) is 0 Å². The molecule has 20 heavy (non-hydrogen) atoms. The number of aryl methyl sites for hydroxylation is 1. The molecule has 106 valence electrons. The first-order chi connectivity index (χ1) is 9.58. The third-order valence-corrected chi connectivity index (χ3v) is 3.31. The van der Waals surface area contributed by atoms with Gasteiger partial charge in [-0.05, 0) is 38.5 Å². The molecule has 4 nitrogen and oxygen atoms in total. The summed E-state index contributed by atoms with van der Waals surface area (Å²) in [7, 11) is 0. The summed E-state index contributed by atoms with van der Waals surface area (Å²) in [5, 5.41) is 3.37. The zero-order valence-corrected chi connectivity index (χ0v) is 13.4. The molecule has 2 rings (SSSR count). The van der Waals surface area contributed by atoms with Gasteiger partial charge >= 0.3 is 0 Å². The van der Waals surface area contributed by atoms with E-state index in [4.69, 9.17) is 4.74 Å². The summed E-state index contributed by atoms with van der Waals surface area (Å²) >= 11 is 3.49. The number of halogens is 1. The molecule has 1 aromatic heterocycles. The molecule has 1 unspecified atom stereocenters. The van der Waals surface area contributed by atoms with Gasteiger partial charge in [0.25, 0.3) is 0 Å². The molecule has 0 saturated carbocycles. The number of nitrogens with zero attached hydrogens (tertiary/aromatic N) is 2. The zero-order valence-electron chi connectivity index (χ0n) is 11.9. The average Bonchev–Trinajstić information content (AvgIpc) is 2.38. The van der Waals surface area contributed by atoms with Gasteiger partial charge in [-0.2, -0.15) is 4.98 Å². The first-order valence-corrected chi connectivity index (χ1v) is 7.38. The van der Waals surface area contributed by atoms with E-state index < -0.39 is 0 Å². The molecule has 0 spiro atoms. The van der Waals surface area contributed by atoms with Crippen LogP contribution in [0.25, 0.3) is 0 Å². The molecule has 0 fully saturated rings. The lowest BCUT2D eigenvalue weighted by molar-refractivity contribution is 0.325. The number of aromatic nitrogens is 2. The van der Waals surface area contributed by atoms with Gasteiger partial charge in [0.05, 0.1) is 6.61 Å². The Labute approximate surface area is 127 Å². The average molecular weight is 336 g/mol. The molecule has 0 saturated heterocycles. The van der Waals surface area contributed by atoms with Crippen LogP contribution in [-0.4, -0.2) is 16.6 Å². The van der Waals surface area contributed by atoms with E-state index in [9.17, 15) is 0 Å². The van der Waals surface area contributed by atoms with Gasteiger partial charge in [0.15, 0.2) is 0 Å². The van der Waals surface area contributed by atoms with E-state index in [-0.39, 0.29) is 6.04 Å².